The topological polar surface area (TPSA) is 46.9 Å². The van der Waals surface area contributed by atoms with Crippen LogP contribution < -0.4 is 5.32 Å². The van der Waals surface area contributed by atoms with Crippen molar-refractivity contribution in [2.24, 2.45) is 5.41 Å². The van der Waals surface area contributed by atoms with Crippen LogP contribution in [0.4, 0.5) is 13.2 Å². The zero-order valence-corrected chi connectivity index (χ0v) is 14.2. The zero-order valence-electron chi connectivity index (χ0n) is 13.5. The van der Waals surface area contributed by atoms with Gasteiger partial charge in [-0.3, -0.25) is 9.48 Å². The van der Waals surface area contributed by atoms with Crippen LogP contribution >= 0.6 is 11.6 Å². The Balaban J connectivity index is 3.04. The lowest BCUT2D eigenvalue weighted by Gasteiger charge is -2.29. The third-order valence-corrected chi connectivity index (χ3v) is 4.20. The second-order valence-corrected chi connectivity index (χ2v) is 6.84. The number of halogens is 4. The Labute approximate surface area is 133 Å². The average Bonchev–Trinajstić information content (AvgIpc) is 2.63. The fourth-order valence-corrected chi connectivity index (χ4v) is 1.95. The molecule has 1 heterocycles. The van der Waals surface area contributed by atoms with Crippen LogP contribution in [0, 0.1) is 12.3 Å². The molecule has 0 spiro atoms. The predicted octanol–water partition coefficient (Wildman–Crippen LogP) is 3.98. The fraction of sp³-hybridized carbons (Fsp3) is 0.714. The van der Waals surface area contributed by atoms with Gasteiger partial charge in [-0.15, -0.1) is 0 Å². The van der Waals surface area contributed by atoms with Crippen molar-refractivity contribution in [3.05, 3.63) is 16.4 Å². The standard InChI is InChI=1S/C14H21ClF3N3O/c1-7-10(15)11(14(16,17)18)20-21(7)8(2)12(22)19-9(3)13(4,5)6/h8-9H,1-6H3,(H,19,22)/t8-,9-/m1/s1. The molecule has 0 aliphatic carbocycles. The third kappa shape index (κ3) is 3.94. The highest BCUT2D eigenvalue weighted by atomic mass is 35.5. The number of aromatic nitrogens is 2. The Bertz CT molecular complexity index is 561. The van der Waals surface area contributed by atoms with Crippen LogP contribution in [-0.2, 0) is 11.0 Å². The molecular formula is C14H21ClF3N3O. The van der Waals surface area contributed by atoms with Gasteiger partial charge in [0.15, 0.2) is 5.69 Å². The molecule has 1 aromatic heterocycles. The number of hydrogen-bond acceptors (Lipinski definition) is 2. The highest BCUT2D eigenvalue weighted by Crippen LogP contribution is 2.36. The summed E-state index contributed by atoms with van der Waals surface area (Å²) in [7, 11) is 0. The average molecular weight is 340 g/mol. The molecule has 2 atom stereocenters. The molecule has 0 aliphatic heterocycles. The van der Waals surface area contributed by atoms with Crippen LogP contribution in [-0.4, -0.2) is 21.7 Å². The summed E-state index contributed by atoms with van der Waals surface area (Å²) in [6.45, 7) is 10.6. The van der Waals surface area contributed by atoms with Gasteiger partial charge in [0.05, 0.1) is 10.7 Å². The summed E-state index contributed by atoms with van der Waals surface area (Å²) < 4.78 is 39.4. The van der Waals surface area contributed by atoms with Crippen molar-refractivity contribution in [1.82, 2.24) is 15.1 Å². The first kappa shape index (κ1) is 18.8. The molecule has 126 valence electrons. The van der Waals surface area contributed by atoms with Gasteiger partial charge in [0.25, 0.3) is 0 Å². The SMILES string of the molecule is Cc1c(Cl)c(C(F)(F)F)nn1[C@H](C)C(=O)N[C@H](C)C(C)(C)C. The first-order valence-electron chi connectivity index (χ1n) is 6.89. The second-order valence-electron chi connectivity index (χ2n) is 6.46. The lowest BCUT2D eigenvalue weighted by molar-refractivity contribution is -0.142. The van der Waals surface area contributed by atoms with Crippen molar-refractivity contribution >= 4 is 17.5 Å². The zero-order chi connectivity index (χ0) is 17.5. The number of carbonyl (C=O) groups is 1. The largest absolute Gasteiger partial charge is 0.436 e. The number of amides is 1. The van der Waals surface area contributed by atoms with E-state index in [2.05, 4.69) is 10.4 Å². The quantitative estimate of drug-likeness (QED) is 0.905. The van der Waals surface area contributed by atoms with Gasteiger partial charge in [-0.1, -0.05) is 32.4 Å². The molecule has 0 saturated carbocycles. The van der Waals surface area contributed by atoms with Crippen LogP contribution in [0.15, 0.2) is 0 Å². The molecule has 0 unspecified atom stereocenters. The smallest absolute Gasteiger partial charge is 0.351 e. The number of hydrogen-bond donors (Lipinski definition) is 1. The van der Waals surface area contributed by atoms with Crippen LogP contribution in [0.1, 0.15) is 52.0 Å². The van der Waals surface area contributed by atoms with Gasteiger partial charge < -0.3 is 5.32 Å². The fourth-order valence-electron chi connectivity index (χ4n) is 1.72. The molecule has 1 amide bonds. The Kier molecular flexibility index (Phi) is 5.22. The first-order valence-corrected chi connectivity index (χ1v) is 7.26. The molecule has 1 aromatic rings. The summed E-state index contributed by atoms with van der Waals surface area (Å²) in [6, 6.07) is -1.03. The lowest BCUT2D eigenvalue weighted by atomic mass is 9.88. The van der Waals surface area contributed by atoms with Crippen molar-refractivity contribution in [3.8, 4) is 0 Å². The minimum absolute atomic E-state index is 0.111. The highest BCUT2D eigenvalue weighted by Gasteiger charge is 2.39. The summed E-state index contributed by atoms with van der Waals surface area (Å²) in [4.78, 5) is 12.2. The van der Waals surface area contributed by atoms with Crippen LogP contribution in [0.5, 0.6) is 0 Å². The van der Waals surface area contributed by atoms with E-state index >= 15 is 0 Å². The molecule has 8 heteroatoms. The molecule has 1 N–H and O–H groups in total. The van der Waals surface area contributed by atoms with Gasteiger partial charge in [-0.05, 0) is 26.2 Å². The molecule has 0 bridgehead atoms. The molecule has 1 rings (SSSR count). The minimum atomic E-state index is -4.65. The lowest BCUT2D eigenvalue weighted by Crippen LogP contribution is -2.44. The molecule has 0 saturated heterocycles. The third-order valence-electron chi connectivity index (χ3n) is 3.75. The molecular weight excluding hydrogens is 319 g/mol. The molecule has 0 aromatic carbocycles. The Hall–Kier alpha value is -1.24. The van der Waals surface area contributed by atoms with E-state index < -0.39 is 28.8 Å². The molecule has 4 nitrogen and oxygen atoms in total. The van der Waals surface area contributed by atoms with Crippen LogP contribution in [0.25, 0.3) is 0 Å². The highest BCUT2D eigenvalue weighted by molar-refractivity contribution is 6.32. The number of carbonyl (C=O) groups excluding carboxylic acids is 1. The van der Waals surface area contributed by atoms with Gasteiger partial charge in [-0.2, -0.15) is 18.3 Å². The maximum Gasteiger partial charge on any atom is 0.436 e. The number of nitrogens with one attached hydrogen (secondary N) is 1. The predicted molar refractivity (Wildman–Crippen MR) is 78.7 cm³/mol. The summed E-state index contributed by atoms with van der Waals surface area (Å²) >= 11 is 5.69. The van der Waals surface area contributed by atoms with E-state index in [0.29, 0.717) is 0 Å². The van der Waals surface area contributed by atoms with Crippen molar-refractivity contribution in [3.63, 3.8) is 0 Å². The van der Waals surface area contributed by atoms with E-state index in [4.69, 9.17) is 11.6 Å². The van der Waals surface area contributed by atoms with Crippen molar-refractivity contribution < 1.29 is 18.0 Å². The van der Waals surface area contributed by atoms with E-state index in [-0.39, 0.29) is 17.2 Å². The first-order chi connectivity index (χ1) is 9.76. The van der Waals surface area contributed by atoms with E-state index in [1.54, 1.807) is 0 Å². The maximum absolute atomic E-state index is 12.8. The van der Waals surface area contributed by atoms with Crippen molar-refractivity contribution in [1.29, 1.82) is 0 Å². The van der Waals surface area contributed by atoms with Gasteiger partial charge in [0.1, 0.15) is 6.04 Å². The van der Waals surface area contributed by atoms with Crippen molar-refractivity contribution in [2.45, 2.75) is 59.8 Å². The molecule has 22 heavy (non-hydrogen) atoms. The number of rotatable bonds is 3. The van der Waals surface area contributed by atoms with Crippen LogP contribution in [0.2, 0.25) is 5.02 Å². The monoisotopic (exact) mass is 339 g/mol. The summed E-state index contributed by atoms with van der Waals surface area (Å²) in [5.41, 5.74) is -1.22. The van der Waals surface area contributed by atoms with E-state index in [9.17, 15) is 18.0 Å². The Morgan fingerprint density at radius 1 is 1.27 bits per heavy atom. The molecule has 0 aliphatic rings. The maximum atomic E-state index is 12.8. The second kappa shape index (κ2) is 6.10. The van der Waals surface area contributed by atoms with E-state index in [1.165, 1.54) is 13.8 Å². The molecule has 0 radical (unpaired) electrons. The van der Waals surface area contributed by atoms with E-state index in [1.807, 2.05) is 27.7 Å². The normalized spacial score (nSPS) is 15.5. The summed E-state index contributed by atoms with van der Waals surface area (Å²) in [6.07, 6.45) is -4.65. The van der Waals surface area contributed by atoms with Crippen molar-refractivity contribution in [2.75, 3.05) is 0 Å². The number of nitrogens with zero attached hydrogens (tertiary/aromatic N) is 2. The Morgan fingerprint density at radius 3 is 2.14 bits per heavy atom. The minimum Gasteiger partial charge on any atom is -0.351 e. The van der Waals surface area contributed by atoms with Gasteiger partial charge in [-0.25, -0.2) is 0 Å². The van der Waals surface area contributed by atoms with Crippen LogP contribution in [0.3, 0.4) is 0 Å². The van der Waals surface area contributed by atoms with Gasteiger partial charge >= 0.3 is 6.18 Å². The van der Waals surface area contributed by atoms with Gasteiger partial charge in [0.2, 0.25) is 5.91 Å². The summed E-state index contributed by atoms with van der Waals surface area (Å²) in [5.74, 6) is -0.404. The Morgan fingerprint density at radius 2 is 1.77 bits per heavy atom. The number of alkyl halides is 3. The van der Waals surface area contributed by atoms with E-state index in [0.717, 1.165) is 4.68 Å². The molecule has 0 fully saturated rings. The van der Waals surface area contributed by atoms with Gasteiger partial charge in [0, 0.05) is 6.04 Å². The summed E-state index contributed by atoms with van der Waals surface area (Å²) in [5, 5.41) is 5.78.